The molecule has 2 rings (SSSR count). The van der Waals surface area contributed by atoms with E-state index in [4.69, 9.17) is 4.74 Å². The van der Waals surface area contributed by atoms with Crippen LogP contribution in [0, 0.1) is 0 Å². The number of ether oxygens (including phenoxy) is 1. The number of thiazole rings is 1. The van der Waals surface area contributed by atoms with E-state index < -0.39 is 11.9 Å². The summed E-state index contributed by atoms with van der Waals surface area (Å²) in [6, 6.07) is 0. The number of guanidine groups is 1. The molecule has 1 aromatic rings. The third kappa shape index (κ3) is 6.79. The van der Waals surface area contributed by atoms with Crippen LogP contribution in [0.15, 0.2) is 10.4 Å². The van der Waals surface area contributed by atoms with Crippen LogP contribution in [0.4, 0.5) is 13.2 Å². The molecule has 0 amide bonds. The van der Waals surface area contributed by atoms with E-state index in [0.29, 0.717) is 30.5 Å². The van der Waals surface area contributed by atoms with Crippen molar-refractivity contribution in [3.63, 3.8) is 0 Å². The zero-order valence-electron chi connectivity index (χ0n) is 12.7. The Morgan fingerprint density at radius 1 is 1.48 bits per heavy atom. The summed E-state index contributed by atoms with van der Waals surface area (Å²) >= 11 is 1.02. The molecule has 1 saturated heterocycles. The van der Waals surface area contributed by atoms with Crippen LogP contribution in [-0.2, 0) is 17.3 Å². The molecule has 10 heteroatoms. The fourth-order valence-electron chi connectivity index (χ4n) is 2.08. The number of hydrogen-bond donors (Lipinski definition) is 2. The van der Waals surface area contributed by atoms with Gasteiger partial charge >= 0.3 is 6.18 Å². The zero-order valence-corrected chi connectivity index (χ0v) is 15.8. The van der Waals surface area contributed by atoms with Gasteiger partial charge in [-0.1, -0.05) is 0 Å². The Morgan fingerprint density at radius 3 is 2.83 bits per heavy atom. The maximum absolute atomic E-state index is 12.4. The molecule has 2 N–H and O–H groups in total. The van der Waals surface area contributed by atoms with Crippen molar-refractivity contribution in [2.24, 2.45) is 4.99 Å². The predicted molar refractivity (Wildman–Crippen MR) is 94.6 cm³/mol. The molecule has 0 radical (unpaired) electrons. The largest absolute Gasteiger partial charge is 0.434 e. The summed E-state index contributed by atoms with van der Waals surface area (Å²) in [5.74, 6) is 0.614. The predicted octanol–water partition coefficient (Wildman–Crippen LogP) is 2.67. The lowest BCUT2D eigenvalue weighted by molar-refractivity contribution is -0.140. The molecule has 1 aliphatic rings. The first-order chi connectivity index (χ1) is 10.5. The molecule has 5 nitrogen and oxygen atoms in total. The van der Waals surface area contributed by atoms with Crippen LogP contribution in [-0.4, -0.2) is 43.8 Å². The lowest BCUT2D eigenvalue weighted by Gasteiger charge is -2.14. The van der Waals surface area contributed by atoms with Gasteiger partial charge in [-0.2, -0.15) is 13.2 Å². The van der Waals surface area contributed by atoms with Gasteiger partial charge in [0.2, 0.25) is 0 Å². The molecule has 0 bridgehead atoms. The van der Waals surface area contributed by atoms with Crippen molar-refractivity contribution in [1.82, 2.24) is 15.6 Å². The van der Waals surface area contributed by atoms with Crippen molar-refractivity contribution in [2.45, 2.75) is 31.5 Å². The normalized spacial score (nSPS) is 18.6. The van der Waals surface area contributed by atoms with E-state index >= 15 is 0 Å². The second-order valence-corrected chi connectivity index (χ2v) is 5.83. The average molecular weight is 464 g/mol. The van der Waals surface area contributed by atoms with E-state index in [1.165, 1.54) is 0 Å². The standard InChI is InChI=1S/C13H19F3N4OS.HI/c1-17-12(19-7-9-3-2-6-21-9)18-5-4-11-20-10(8-22-11)13(14,15)16;/h8-9H,2-7H2,1H3,(H2,17,18,19);1H. The molecule has 0 aliphatic carbocycles. The van der Waals surface area contributed by atoms with Crippen molar-refractivity contribution >= 4 is 41.3 Å². The highest BCUT2D eigenvalue weighted by Crippen LogP contribution is 2.29. The van der Waals surface area contributed by atoms with E-state index in [1.807, 2.05) is 0 Å². The van der Waals surface area contributed by atoms with Gasteiger partial charge in [0.25, 0.3) is 0 Å². The molecule has 1 aromatic heterocycles. The highest BCUT2D eigenvalue weighted by molar-refractivity contribution is 14.0. The molecule has 1 atom stereocenters. The summed E-state index contributed by atoms with van der Waals surface area (Å²) in [5.41, 5.74) is -0.826. The van der Waals surface area contributed by atoms with Gasteiger partial charge in [0.05, 0.1) is 11.1 Å². The highest BCUT2D eigenvalue weighted by Gasteiger charge is 2.33. The van der Waals surface area contributed by atoms with Crippen molar-refractivity contribution in [1.29, 1.82) is 0 Å². The van der Waals surface area contributed by atoms with Gasteiger partial charge < -0.3 is 15.4 Å². The molecule has 132 valence electrons. The lowest BCUT2D eigenvalue weighted by Crippen LogP contribution is -2.41. The van der Waals surface area contributed by atoms with Crippen LogP contribution in [0.3, 0.4) is 0 Å². The highest BCUT2D eigenvalue weighted by atomic mass is 127. The Hall–Kier alpha value is -0.620. The summed E-state index contributed by atoms with van der Waals surface area (Å²) in [5, 5.41) is 7.70. The van der Waals surface area contributed by atoms with E-state index in [-0.39, 0.29) is 30.1 Å². The molecule has 2 heterocycles. The Bertz CT molecular complexity index is 504. The van der Waals surface area contributed by atoms with Gasteiger partial charge in [0.15, 0.2) is 11.7 Å². The van der Waals surface area contributed by atoms with E-state index in [9.17, 15) is 13.2 Å². The fraction of sp³-hybridized carbons (Fsp3) is 0.692. The minimum absolute atomic E-state index is 0. The van der Waals surface area contributed by atoms with Crippen LogP contribution in [0.5, 0.6) is 0 Å². The van der Waals surface area contributed by atoms with E-state index in [1.54, 1.807) is 7.05 Å². The first-order valence-corrected chi connectivity index (χ1v) is 7.94. The Morgan fingerprint density at radius 2 is 2.26 bits per heavy atom. The quantitative estimate of drug-likeness (QED) is 0.400. The first kappa shape index (κ1) is 20.4. The summed E-state index contributed by atoms with van der Waals surface area (Å²) in [6.07, 6.45) is -1.65. The third-order valence-electron chi connectivity index (χ3n) is 3.22. The maximum Gasteiger partial charge on any atom is 0.434 e. The van der Waals surface area contributed by atoms with Crippen LogP contribution in [0.2, 0.25) is 0 Å². The topological polar surface area (TPSA) is 58.5 Å². The van der Waals surface area contributed by atoms with Gasteiger partial charge in [-0.15, -0.1) is 35.3 Å². The van der Waals surface area contributed by atoms with Crippen LogP contribution >= 0.6 is 35.3 Å². The molecule has 1 unspecified atom stereocenters. The number of alkyl halides is 3. The SMILES string of the molecule is CN=C(NCCc1nc(C(F)(F)F)cs1)NCC1CCCO1.I. The van der Waals surface area contributed by atoms with Crippen LogP contribution in [0.1, 0.15) is 23.5 Å². The van der Waals surface area contributed by atoms with Gasteiger partial charge in [0, 0.05) is 38.5 Å². The molecule has 0 spiro atoms. The first-order valence-electron chi connectivity index (χ1n) is 7.07. The number of rotatable bonds is 5. The molecule has 1 fully saturated rings. The number of nitrogens with zero attached hydrogens (tertiary/aromatic N) is 2. The minimum Gasteiger partial charge on any atom is -0.376 e. The maximum atomic E-state index is 12.4. The number of halogens is 4. The third-order valence-corrected chi connectivity index (χ3v) is 4.13. The van der Waals surface area contributed by atoms with Crippen molar-refractivity contribution in [3.05, 3.63) is 16.1 Å². The fourth-order valence-corrected chi connectivity index (χ4v) is 2.89. The molecule has 23 heavy (non-hydrogen) atoms. The van der Waals surface area contributed by atoms with Crippen molar-refractivity contribution in [2.75, 3.05) is 26.7 Å². The molecular formula is C13H20F3IN4OS. The Kier molecular flexibility index (Phi) is 8.54. The van der Waals surface area contributed by atoms with Crippen molar-refractivity contribution in [3.8, 4) is 0 Å². The zero-order chi connectivity index (χ0) is 16.0. The lowest BCUT2D eigenvalue weighted by atomic mass is 10.2. The summed E-state index contributed by atoms with van der Waals surface area (Å²) in [7, 11) is 1.65. The molecule has 1 aliphatic heterocycles. The molecular weight excluding hydrogens is 444 g/mol. The number of hydrogen-bond acceptors (Lipinski definition) is 4. The molecule has 0 aromatic carbocycles. The van der Waals surface area contributed by atoms with Gasteiger partial charge in [-0.25, -0.2) is 4.98 Å². The number of aromatic nitrogens is 1. The monoisotopic (exact) mass is 464 g/mol. The van der Waals surface area contributed by atoms with Gasteiger partial charge in [0.1, 0.15) is 0 Å². The molecule has 0 saturated carbocycles. The van der Waals surface area contributed by atoms with Gasteiger partial charge in [-0.3, -0.25) is 4.99 Å². The Balaban J connectivity index is 0.00000264. The van der Waals surface area contributed by atoms with E-state index in [2.05, 4.69) is 20.6 Å². The van der Waals surface area contributed by atoms with Crippen molar-refractivity contribution < 1.29 is 17.9 Å². The summed E-state index contributed by atoms with van der Waals surface area (Å²) in [4.78, 5) is 7.65. The van der Waals surface area contributed by atoms with Crippen LogP contribution < -0.4 is 10.6 Å². The van der Waals surface area contributed by atoms with Gasteiger partial charge in [-0.05, 0) is 12.8 Å². The number of aliphatic imine (C=N–C) groups is 1. The Labute approximate surface area is 154 Å². The number of nitrogens with one attached hydrogen (secondary N) is 2. The second-order valence-electron chi connectivity index (χ2n) is 4.89. The van der Waals surface area contributed by atoms with E-state index in [0.717, 1.165) is 36.2 Å². The van der Waals surface area contributed by atoms with Crippen LogP contribution in [0.25, 0.3) is 0 Å². The second kappa shape index (κ2) is 9.62. The minimum atomic E-state index is -4.37. The summed E-state index contributed by atoms with van der Waals surface area (Å²) in [6.45, 7) is 1.94. The average Bonchev–Trinajstić information content (AvgIpc) is 3.13. The summed E-state index contributed by atoms with van der Waals surface area (Å²) < 4.78 is 42.8. The smallest absolute Gasteiger partial charge is 0.376 e.